The molecule has 77 heavy (non-hydrogen) atoms. The second-order valence-corrected chi connectivity index (χ2v) is 23.4. The summed E-state index contributed by atoms with van der Waals surface area (Å²) >= 11 is 0. The Morgan fingerprint density at radius 2 is 0.481 bits per heavy atom. The largest absolute Gasteiger partial charge is 0.462 e. The van der Waals surface area contributed by atoms with Gasteiger partial charge in [0.2, 0.25) is 0 Å². The molecular weight excluding hydrogens is 949 g/mol. The fourth-order valence-corrected chi connectivity index (χ4v) is 10.4. The highest BCUT2D eigenvalue weighted by Crippen LogP contribution is 2.18. The predicted molar refractivity (Wildman–Crippen MR) is 335 cm³/mol. The first-order valence-corrected chi connectivity index (χ1v) is 34.5. The summed E-state index contributed by atoms with van der Waals surface area (Å²) in [7, 11) is 0. The van der Waals surface area contributed by atoms with E-state index in [9.17, 15) is 14.4 Å². The Hall–Kier alpha value is -2.37. The van der Waals surface area contributed by atoms with E-state index in [2.05, 4.69) is 57.2 Å². The number of allylic oxidation sites excluding steroid dienone is 6. The zero-order chi connectivity index (χ0) is 55.7. The highest BCUT2D eigenvalue weighted by atomic mass is 16.6. The van der Waals surface area contributed by atoms with Crippen LogP contribution in [0.25, 0.3) is 0 Å². The van der Waals surface area contributed by atoms with Crippen molar-refractivity contribution < 1.29 is 28.6 Å². The number of rotatable bonds is 64. The molecule has 6 nitrogen and oxygen atoms in total. The van der Waals surface area contributed by atoms with Crippen LogP contribution in [0, 0.1) is 0 Å². The summed E-state index contributed by atoms with van der Waals surface area (Å²) in [5, 5.41) is 0. The third kappa shape index (κ3) is 64.3. The number of hydrogen-bond acceptors (Lipinski definition) is 6. The molecule has 0 N–H and O–H groups in total. The van der Waals surface area contributed by atoms with Crippen LogP contribution in [-0.2, 0) is 28.6 Å². The van der Waals surface area contributed by atoms with Crippen LogP contribution in [0.3, 0.4) is 0 Å². The van der Waals surface area contributed by atoms with Gasteiger partial charge in [0.25, 0.3) is 0 Å². The van der Waals surface area contributed by atoms with Crippen LogP contribution < -0.4 is 0 Å². The van der Waals surface area contributed by atoms with Gasteiger partial charge in [-0.25, -0.2) is 0 Å². The molecule has 0 heterocycles. The maximum atomic E-state index is 12.9. The van der Waals surface area contributed by atoms with E-state index < -0.39 is 6.10 Å². The van der Waals surface area contributed by atoms with Crippen LogP contribution in [0.15, 0.2) is 36.5 Å². The summed E-state index contributed by atoms with van der Waals surface area (Å²) in [6, 6.07) is 0. The Morgan fingerprint density at radius 3 is 0.779 bits per heavy atom. The first-order valence-electron chi connectivity index (χ1n) is 34.5. The first kappa shape index (κ1) is 74.6. The second kappa shape index (κ2) is 66.1. The van der Waals surface area contributed by atoms with Gasteiger partial charge in [0.15, 0.2) is 6.10 Å². The van der Waals surface area contributed by atoms with E-state index in [0.29, 0.717) is 19.3 Å². The summed E-state index contributed by atoms with van der Waals surface area (Å²) in [4.78, 5) is 38.3. The van der Waals surface area contributed by atoms with Gasteiger partial charge in [-0.15, -0.1) is 0 Å². The molecule has 0 fully saturated rings. The number of esters is 3. The van der Waals surface area contributed by atoms with Gasteiger partial charge in [0.05, 0.1) is 0 Å². The molecule has 0 amide bonds. The molecule has 0 aromatic rings. The number of ether oxygens (including phenoxy) is 3. The lowest BCUT2D eigenvalue weighted by atomic mass is 10.0. The molecule has 1 atom stereocenters. The SMILES string of the molecule is CCCC/C=C\CCCCCCCC(=O)OCC(COC(=O)CCCCCCCCCCCCCCCCCCCCCCCCCCCCCCCC)OC(=O)CCCCCCCCC/C=C\C/C=C\CCCCCC. The summed E-state index contributed by atoms with van der Waals surface area (Å²) in [5.74, 6) is -0.869. The van der Waals surface area contributed by atoms with Crippen molar-refractivity contribution in [1.82, 2.24) is 0 Å². The predicted octanol–water partition coefficient (Wildman–Crippen LogP) is 23.6. The molecule has 0 aromatic carbocycles. The Balaban J connectivity index is 4.12. The summed E-state index contributed by atoms with van der Waals surface area (Å²) in [6.07, 6.45) is 81.9. The topological polar surface area (TPSA) is 78.9 Å². The monoisotopic (exact) mass is 1080 g/mol. The van der Waals surface area contributed by atoms with Crippen molar-refractivity contribution >= 4 is 17.9 Å². The van der Waals surface area contributed by atoms with Crippen LogP contribution in [0.2, 0.25) is 0 Å². The highest BCUT2D eigenvalue weighted by molar-refractivity contribution is 5.71. The first-order chi connectivity index (χ1) is 38.0. The van der Waals surface area contributed by atoms with E-state index in [4.69, 9.17) is 14.2 Å². The molecule has 0 saturated carbocycles. The van der Waals surface area contributed by atoms with E-state index in [1.807, 2.05) is 0 Å². The number of carbonyl (C=O) groups excluding carboxylic acids is 3. The molecule has 0 radical (unpaired) electrons. The van der Waals surface area contributed by atoms with Crippen molar-refractivity contribution in [1.29, 1.82) is 0 Å². The summed E-state index contributed by atoms with van der Waals surface area (Å²) < 4.78 is 16.9. The quantitative estimate of drug-likeness (QED) is 0.0261. The van der Waals surface area contributed by atoms with Crippen LogP contribution in [0.1, 0.15) is 380 Å². The average Bonchev–Trinajstić information content (AvgIpc) is 3.43. The molecule has 6 heteroatoms. The third-order valence-corrected chi connectivity index (χ3v) is 15.6. The van der Waals surface area contributed by atoms with E-state index in [-0.39, 0.29) is 31.1 Å². The van der Waals surface area contributed by atoms with Crippen LogP contribution in [0.4, 0.5) is 0 Å². The molecule has 1 unspecified atom stereocenters. The van der Waals surface area contributed by atoms with Gasteiger partial charge in [-0.2, -0.15) is 0 Å². The van der Waals surface area contributed by atoms with Gasteiger partial charge >= 0.3 is 17.9 Å². The Kier molecular flexibility index (Phi) is 64.1. The summed E-state index contributed by atoms with van der Waals surface area (Å²) in [6.45, 7) is 6.63. The van der Waals surface area contributed by atoms with E-state index >= 15 is 0 Å². The fourth-order valence-electron chi connectivity index (χ4n) is 10.4. The minimum Gasteiger partial charge on any atom is -0.462 e. The Labute approximate surface area is 480 Å². The molecule has 0 spiro atoms. The number of hydrogen-bond donors (Lipinski definition) is 0. The van der Waals surface area contributed by atoms with Crippen LogP contribution in [0.5, 0.6) is 0 Å². The van der Waals surface area contributed by atoms with E-state index in [1.165, 1.54) is 263 Å². The van der Waals surface area contributed by atoms with Gasteiger partial charge < -0.3 is 14.2 Å². The van der Waals surface area contributed by atoms with E-state index in [0.717, 1.165) is 77.0 Å². The second-order valence-electron chi connectivity index (χ2n) is 23.4. The maximum Gasteiger partial charge on any atom is 0.306 e. The van der Waals surface area contributed by atoms with Crippen molar-refractivity contribution in [3.05, 3.63) is 36.5 Å². The van der Waals surface area contributed by atoms with Gasteiger partial charge in [0.1, 0.15) is 13.2 Å². The average molecular weight is 1080 g/mol. The van der Waals surface area contributed by atoms with Gasteiger partial charge in [0, 0.05) is 19.3 Å². The lowest BCUT2D eigenvalue weighted by molar-refractivity contribution is -0.167. The molecule has 0 aromatic heterocycles. The molecule has 0 bridgehead atoms. The van der Waals surface area contributed by atoms with Gasteiger partial charge in [-0.3, -0.25) is 14.4 Å². The zero-order valence-corrected chi connectivity index (χ0v) is 52.0. The van der Waals surface area contributed by atoms with Crippen LogP contribution >= 0.6 is 0 Å². The van der Waals surface area contributed by atoms with Crippen molar-refractivity contribution in [2.75, 3.05) is 13.2 Å². The molecule has 0 saturated heterocycles. The minimum atomic E-state index is -0.778. The van der Waals surface area contributed by atoms with Crippen molar-refractivity contribution in [2.45, 2.75) is 386 Å². The van der Waals surface area contributed by atoms with Gasteiger partial charge in [-0.1, -0.05) is 327 Å². The van der Waals surface area contributed by atoms with Crippen molar-refractivity contribution in [2.24, 2.45) is 0 Å². The molecule has 0 aliphatic carbocycles. The Morgan fingerprint density at radius 1 is 0.260 bits per heavy atom. The van der Waals surface area contributed by atoms with Crippen LogP contribution in [-0.4, -0.2) is 37.2 Å². The third-order valence-electron chi connectivity index (χ3n) is 15.6. The number of unbranched alkanes of at least 4 members (excludes halogenated alkanes) is 47. The maximum absolute atomic E-state index is 12.9. The highest BCUT2D eigenvalue weighted by Gasteiger charge is 2.19. The molecular formula is C71H132O6. The standard InChI is InChI=1S/C71H132O6/c1-4-7-10-13-16-19-22-24-26-28-30-31-32-33-34-35-36-37-38-39-40-41-43-44-46-49-52-55-58-61-64-70(73)76-67-68(66-75-69(72)63-60-57-54-51-48-21-18-15-12-9-6-3)77-71(74)65-62-59-56-53-50-47-45-42-29-27-25-23-20-17-14-11-8-5-2/h15,18,20,23,27,29,68H,4-14,16-17,19,21-22,24-26,28,30-67H2,1-3H3/b18-15-,23-20-,29-27-. The molecule has 0 aliphatic heterocycles. The molecule has 0 aliphatic rings. The lowest BCUT2D eigenvalue weighted by Crippen LogP contribution is -2.30. The fraction of sp³-hybridized carbons (Fsp3) is 0.873. The molecule has 452 valence electrons. The lowest BCUT2D eigenvalue weighted by Gasteiger charge is -2.18. The molecule has 0 rings (SSSR count). The van der Waals surface area contributed by atoms with Crippen molar-refractivity contribution in [3.63, 3.8) is 0 Å². The van der Waals surface area contributed by atoms with Gasteiger partial charge in [-0.05, 0) is 70.6 Å². The smallest absolute Gasteiger partial charge is 0.306 e. The Bertz CT molecular complexity index is 1290. The van der Waals surface area contributed by atoms with Crippen molar-refractivity contribution in [3.8, 4) is 0 Å². The van der Waals surface area contributed by atoms with E-state index in [1.54, 1.807) is 0 Å². The summed E-state index contributed by atoms with van der Waals surface area (Å²) in [5.41, 5.74) is 0. The minimum absolute atomic E-state index is 0.0741. The number of carbonyl (C=O) groups is 3. The zero-order valence-electron chi connectivity index (χ0n) is 52.0. The normalized spacial score (nSPS) is 12.2.